The van der Waals surface area contributed by atoms with Crippen LogP contribution in [0.5, 0.6) is 5.75 Å². The van der Waals surface area contributed by atoms with Crippen molar-refractivity contribution >= 4 is 28.9 Å². The zero-order valence-corrected chi connectivity index (χ0v) is 26.1. The first-order chi connectivity index (χ1) is 23.0. The topological polar surface area (TPSA) is 101 Å². The summed E-state index contributed by atoms with van der Waals surface area (Å²) in [6.07, 6.45) is 1.61. The average Bonchev–Trinajstić information content (AvgIpc) is 3.74. The van der Waals surface area contributed by atoms with Crippen LogP contribution in [-0.2, 0) is 6.61 Å². The molecule has 0 aliphatic rings. The van der Waals surface area contributed by atoms with Gasteiger partial charge in [-0.2, -0.15) is 0 Å². The van der Waals surface area contributed by atoms with Crippen molar-refractivity contribution in [2.24, 2.45) is 0 Å². The van der Waals surface area contributed by atoms with Crippen LogP contribution in [0.2, 0.25) is 10.0 Å². The number of rotatable bonds is 9. The van der Waals surface area contributed by atoms with Crippen molar-refractivity contribution in [2.45, 2.75) is 6.61 Å². The average molecular weight is 660 g/mol. The molecular formula is C36H24Cl2N6O3. The maximum atomic E-state index is 11.1. The van der Waals surface area contributed by atoms with E-state index in [9.17, 15) is 10.1 Å². The molecule has 0 saturated carbocycles. The third kappa shape index (κ3) is 6.09. The van der Waals surface area contributed by atoms with Crippen LogP contribution in [0.3, 0.4) is 0 Å². The van der Waals surface area contributed by atoms with Gasteiger partial charge in [0.25, 0.3) is 5.69 Å². The van der Waals surface area contributed by atoms with E-state index in [0.29, 0.717) is 17.1 Å². The number of non-ortho nitro benzene ring substituents is 1. The van der Waals surface area contributed by atoms with Crippen molar-refractivity contribution in [3.63, 3.8) is 0 Å². The fourth-order valence-electron chi connectivity index (χ4n) is 5.31. The van der Waals surface area contributed by atoms with Crippen molar-refractivity contribution < 1.29 is 9.66 Å². The number of halogens is 2. The molecule has 0 spiro atoms. The summed E-state index contributed by atoms with van der Waals surface area (Å²) in [5, 5.41) is 19.5. The number of hydrogen-bond acceptors (Lipinski definition) is 6. The fourth-order valence-corrected chi connectivity index (χ4v) is 5.96. The molecule has 0 bridgehead atoms. The predicted molar refractivity (Wildman–Crippen MR) is 182 cm³/mol. The number of ether oxygens (including phenoxy) is 1. The van der Waals surface area contributed by atoms with Crippen molar-refractivity contribution in [3.05, 3.63) is 159 Å². The second kappa shape index (κ2) is 12.9. The minimum atomic E-state index is -0.563. The van der Waals surface area contributed by atoms with Crippen LogP contribution in [-0.4, -0.2) is 29.5 Å². The van der Waals surface area contributed by atoms with Gasteiger partial charge in [0.15, 0.2) is 0 Å². The van der Waals surface area contributed by atoms with Crippen molar-refractivity contribution in [3.8, 4) is 51.0 Å². The number of imidazole rings is 1. The molecule has 0 unspecified atom stereocenters. The highest BCUT2D eigenvalue weighted by atomic mass is 35.5. The molecule has 7 rings (SSSR count). The minimum Gasteiger partial charge on any atom is -0.487 e. The lowest BCUT2D eigenvalue weighted by atomic mass is 10.0. The van der Waals surface area contributed by atoms with Crippen LogP contribution in [0.4, 0.5) is 5.69 Å². The first kappa shape index (κ1) is 29.9. The van der Waals surface area contributed by atoms with Crippen LogP contribution in [0.1, 0.15) is 5.69 Å². The largest absolute Gasteiger partial charge is 0.487 e. The molecule has 0 saturated heterocycles. The monoisotopic (exact) mass is 658 g/mol. The number of hydrogen-bond donors (Lipinski definition) is 0. The van der Waals surface area contributed by atoms with Crippen LogP contribution in [0.25, 0.3) is 45.3 Å². The number of para-hydroxylation sites is 1. The Hall–Kier alpha value is -5.77. The van der Waals surface area contributed by atoms with Gasteiger partial charge in [0.2, 0.25) is 0 Å². The molecule has 5 aromatic carbocycles. The first-order valence-corrected chi connectivity index (χ1v) is 15.3. The molecule has 47 heavy (non-hydrogen) atoms. The van der Waals surface area contributed by atoms with Crippen molar-refractivity contribution in [2.75, 3.05) is 0 Å². The van der Waals surface area contributed by atoms with E-state index in [1.54, 1.807) is 6.20 Å². The second-order valence-corrected chi connectivity index (χ2v) is 11.3. The predicted octanol–water partition coefficient (Wildman–Crippen LogP) is 9.25. The maximum Gasteiger partial charge on any atom is 0.272 e. The molecule has 11 heteroatoms. The zero-order valence-electron chi connectivity index (χ0n) is 24.6. The number of aromatic nitrogens is 5. The summed E-state index contributed by atoms with van der Waals surface area (Å²) in [6.45, 7) is 0.122. The van der Waals surface area contributed by atoms with E-state index < -0.39 is 4.92 Å². The quantitative estimate of drug-likeness (QED) is 0.113. The summed E-state index contributed by atoms with van der Waals surface area (Å²) in [7, 11) is 0. The Bertz CT molecular complexity index is 2160. The van der Waals surface area contributed by atoms with Crippen molar-refractivity contribution in [1.82, 2.24) is 24.5 Å². The fraction of sp³-hybridized carbons (Fsp3) is 0.0278. The molecular weight excluding hydrogens is 635 g/mol. The zero-order chi connectivity index (χ0) is 32.3. The molecule has 7 aromatic rings. The number of benzene rings is 5. The van der Waals surface area contributed by atoms with Gasteiger partial charge in [-0.3, -0.25) is 14.7 Å². The highest BCUT2D eigenvalue weighted by molar-refractivity contribution is 6.38. The van der Waals surface area contributed by atoms with Crippen LogP contribution < -0.4 is 4.74 Å². The molecule has 230 valence electrons. The number of nitrogens with zero attached hydrogens (tertiary/aromatic N) is 6. The van der Waals surface area contributed by atoms with E-state index in [1.165, 1.54) is 16.8 Å². The number of nitro benzene ring substituents is 1. The standard InChI is InChI=1S/C36H24Cl2N6O3/c37-31-20-29(44(45)46)21-32(38)35(31)42-22-27(40-41-42)23-47-30-18-16-26(17-19-30)36-39-33(24-10-4-1-5-11-24)34(25-12-6-2-7-13-25)43(36)28-14-8-3-9-15-28/h1-22H,23H2. The third-order valence-electron chi connectivity index (χ3n) is 7.47. The van der Waals surface area contributed by atoms with Gasteiger partial charge in [-0.05, 0) is 36.4 Å². The normalized spacial score (nSPS) is 11.0. The smallest absolute Gasteiger partial charge is 0.272 e. The Labute approximate surface area is 279 Å². The Kier molecular flexibility index (Phi) is 8.22. The summed E-state index contributed by atoms with van der Waals surface area (Å²) in [5.74, 6) is 1.42. The highest BCUT2D eigenvalue weighted by Crippen LogP contribution is 2.39. The Morgan fingerprint density at radius 1 is 0.745 bits per heavy atom. The van der Waals surface area contributed by atoms with Gasteiger partial charge in [0.05, 0.1) is 32.6 Å². The van der Waals surface area contributed by atoms with E-state index in [4.69, 9.17) is 32.9 Å². The highest BCUT2D eigenvalue weighted by Gasteiger charge is 2.22. The lowest BCUT2D eigenvalue weighted by molar-refractivity contribution is -0.384. The lowest BCUT2D eigenvalue weighted by Gasteiger charge is -2.14. The van der Waals surface area contributed by atoms with Crippen LogP contribution in [0.15, 0.2) is 134 Å². The van der Waals surface area contributed by atoms with E-state index >= 15 is 0 Å². The number of nitro groups is 1. The summed E-state index contributed by atoms with van der Waals surface area (Å²) >= 11 is 12.6. The van der Waals surface area contributed by atoms with E-state index in [1.807, 2.05) is 78.9 Å². The van der Waals surface area contributed by atoms with Gasteiger partial charge >= 0.3 is 0 Å². The van der Waals surface area contributed by atoms with Crippen LogP contribution in [0, 0.1) is 10.1 Å². The van der Waals surface area contributed by atoms with E-state index in [2.05, 4.69) is 51.3 Å². The van der Waals surface area contributed by atoms with E-state index in [-0.39, 0.29) is 22.3 Å². The van der Waals surface area contributed by atoms with Gasteiger partial charge in [-0.25, -0.2) is 9.67 Å². The van der Waals surface area contributed by atoms with Crippen molar-refractivity contribution in [1.29, 1.82) is 0 Å². The molecule has 0 N–H and O–H groups in total. The SMILES string of the molecule is O=[N+]([O-])c1cc(Cl)c(-n2cc(COc3ccc(-c4nc(-c5ccccc5)c(-c5ccccc5)n4-c4ccccc4)cc3)nn2)c(Cl)c1. The second-order valence-electron chi connectivity index (χ2n) is 10.5. The van der Waals surface area contributed by atoms with Gasteiger partial charge in [-0.15, -0.1) is 5.10 Å². The van der Waals surface area contributed by atoms with Gasteiger partial charge in [0.1, 0.15) is 29.6 Å². The summed E-state index contributed by atoms with van der Waals surface area (Å²) < 4.78 is 9.59. The summed E-state index contributed by atoms with van der Waals surface area (Å²) in [4.78, 5) is 15.8. The Morgan fingerprint density at radius 3 is 1.96 bits per heavy atom. The van der Waals surface area contributed by atoms with Gasteiger partial charge in [-0.1, -0.05) is 107 Å². The molecule has 0 radical (unpaired) electrons. The molecule has 0 atom stereocenters. The molecule has 0 amide bonds. The Morgan fingerprint density at radius 2 is 1.34 bits per heavy atom. The summed E-state index contributed by atoms with van der Waals surface area (Å²) in [5.41, 5.74) is 6.45. The maximum absolute atomic E-state index is 11.1. The van der Waals surface area contributed by atoms with Crippen LogP contribution >= 0.6 is 23.2 Å². The molecule has 0 aliphatic heterocycles. The Balaban J connectivity index is 1.20. The van der Waals surface area contributed by atoms with E-state index in [0.717, 1.165) is 39.6 Å². The molecule has 2 aromatic heterocycles. The minimum absolute atomic E-state index is 0.0804. The summed E-state index contributed by atoms with van der Waals surface area (Å²) in [6, 6.07) is 40.8. The van der Waals surface area contributed by atoms with Gasteiger partial charge in [0, 0.05) is 34.5 Å². The third-order valence-corrected chi connectivity index (χ3v) is 8.04. The lowest BCUT2D eigenvalue weighted by Crippen LogP contribution is -2.00. The molecule has 0 fully saturated rings. The molecule has 2 heterocycles. The first-order valence-electron chi connectivity index (χ1n) is 14.5. The van der Waals surface area contributed by atoms with Gasteiger partial charge < -0.3 is 4.74 Å². The molecule has 0 aliphatic carbocycles. The molecule has 9 nitrogen and oxygen atoms in total.